The summed E-state index contributed by atoms with van der Waals surface area (Å²) in [5, 5.41) is 0.641. The number of hydrogen-bond donors (Lipinski definition) is 2. The molecule has 0 radical (unpaired) electrons. The van der Waals surface area contributed by atoms with Gasteiger partial charge in [-0.15, -0.1) is 0 Å². The van der Waals surface area contributed by atoms with Crippen LogP contribution in [0.25, 0.3) is 10.9 Å². The first-order valence-electron chi connectivity index (χ1n) is 6.74. The Kier molecular flexibility index (Phi) is 3.06. The zero-order valence-corrected chi connectivity index (χ0v) is 11.3. The van der Waals surface area contributed by atoms with Crippen molar-refractivity contribution in [3.63, 3.8) is 0 Å². The van der Waals surface area contributed by atoms with Crippen molar-refractivity contribution in [3.8, 4) is 0 Å². The predicted molar refractivity (Wildman–Crippen MR) is 77.8 cm³/mol. The number of carbonyl (C=O) groups excluding carboxylic acids is 1. The Morgan fingerprint density at radius 1 is 1.45 bits per heavy atom. The first-order chi connectivity index (χ1) is 9.56. The van der Waals surface area contributed by atoms with Crippen molar-refractivity contribution >= 4 is 16.8 Å². The van der Waals surface area contributed by atoms with E-state index in [0.29, 0.717) is 29.7 Å². The number of pyridine rings is 1. The van der Waals surface area contributed by atoms with Gasteiger partial charge in [-0.05, 0) is 25.0 Å². The molecule has 0 spiro atoms. The van der Waals surface area contributed by atoms with Crippen molar-refractivity contribution in [1.82, 2.24) is 9.88 Å². The first-order valence-corrected chi connectivity index (χ1v) is 6.74. The number of H-pyrrole nitrogens is 1. The highest BCUT2D eigenvalue weighted by Gasteiger charge is 2.25. The zero-order valence-electron chi connectivity index (χ0n) is 11.3. The van der Waals surface area contributed by atoms with Crippen LogP contribution in [0.2, 0.25) is 0 Å². The van der Waals surface area contributed by atoms with E-state index in [1.54, 1.807) is 4.90 Å². The number of aromatic amines is 1. The number of aryl methyl sites for hydroxylation is 1. The number of nitrogens with two attached hydrogens (primary N) is 1. The van der Waals surface area contributed by atoms with Crippen LogP contribution in [0.1, 0.15) is 22.5 Å². The van der Waals surface area contributed by atoms with Crippen LogP contribution in [-0.4, -0.2) is 34.9 Å². The Bertz CT molecular complexity index is 735. The molecule has 0 saturated carbocycles. The minimum absolute atomic E-state index is 0.0355. The lowest BCUT2D eigenvalue weighted by molar-refractivity contribution is 0.0785. The van der Waals surface area contributed by atoms with Gasteiger partial charge in [0.15, 0.2) is 5.43 Å². The van der Waals surface area contributed by atoms with Gasteiger partial charge in [0.2, 0.25) is 0 Å². The van der Waals surface area contributed by atoms with Crippen molar-refractivity contribution in [3.05, 3.63) is 45.7 Å². The minimum atomic E-state index is -0.154. The van der Waals surface area contributed by atoms with Gasteiger partial charge in [0.25, 0.3) is 5.91 Å². The third-order valence-electron chi connectivity index (χ3n) is 3.81. The number of carbonyl (C=O) groups is 1. The second-order valence-electron chi connectivity index (χ2n) is 5.34. The molecule has 1 atom stereocenters. The highest BCUT2D eigenvalue weighted by molar-refractivity contribution is 5.95. The highest BCUT2D eigenvalue weighted by Crippen LogP contribution is 2.15. The zero-order chi connectivity index (χ0) is 14.3. The van der Waals surface area contributed by atoms with Crippen LogP contribution in [0, 0.1) is 6.92 Å². The maximum absolute atomic E-state index is 12.4. The van der Waals surface area contributed by atoms with E-state index >= 15 is 0 Å². The molecule has 1 aromatic heterocycles. The Morgan fingerprint density at radius 3 is 2.95 bits per heavy atom. The SMILES string of the molecule is Cc1cccc2[nH]c(C(=O)N3CC[C@@H](N)C3)cc(=O)c12. The molecular formula is C15H17N3O2. The van der Waals surface area contributed by atoms with Crippen molar-refractivity contribution < 1.29 is 4.79 Å². The molecule has 5 nitrogen and oxygen atoms in total. The quantitative estimate of drug-likeness (QED) is 0.812. The van der Waals surface area contributed by atoms with Crippen molar-refractivity contribution in [2.45, 2.75) is 19.4 Å². The van der Waals surface area contributed by atoms with Crippen LogP contribution in [0.5, 0.6) is 0 Å². The average molecular weight is 271 g/mol. The second kappa shape index (κ2) is 4.76. The molecule has 2 heterocycles. The molecule has 1 amide bonds. The molecule has 20 heavy (non-hydrogen) atoms. The van der Waals surface area contributed by atoms with E-state index in [4.69, 9.17) is 5.73 Å². The van der Waals surface area contributed by atoms with Crippen LogP contribution >= 0.6 is 0 Å². The molecule has 1 aliphatic heterocycles. The van der Waals surface area contributed by atoms with Crippen LogP contribution in [0.3, 0.4) is 0 Å². The predicted octanol–water partition coefficient (Wildman–Crippen LogP) is 1.01. The average Bonchev–Trinajstić information content (AvgIpc) is 2.84. The van der Waals surface area contributed by atoms with E-state index in [2.05, 4.69) is 4.98 Å². The van der Waals surface area contributed by atoms with E-state index < -0.39 is 0 Å². The maximum atomic E-state index is 12.4. The smallest absolute Gasteiger partial charge is 0.270 e. The Balaban J connectivity index is 2.05. The molecule has 1 aliphatic rings. The number of nitrogens with zero attached hydrogens (tertiary/aromatic N) is 1. The molecule has 5 heteroatoms. The summed E-state index contributed by atoms with van der Waals surface area (Å²) in [5.41, 5.74) is 7.64. The van der Waals surface area contributed by atoms with Gasteiger partial charge in [-0.1, -0.05) is 12.1 Å². The summed E-state index contributed by atoms with van der Waals surface area (Å²) in [6.07, 6.45) is 0.808. The van der Waals surface area contributed by atoms with Crippen LogP contribution in [-0.2, 0) is 0 Å². The third kappa shape index (κ3) is 2.10. The van der Waals surface area contributed by atoms with Crippen molar-refractivity contribution in [2.24, 2.45) is 5.73 Å². The summed E-state index contributed by atoms with van der Waals surface area (Å²) in [5.74, 6) is -0.154. The van der Waals surface area contributed by atoms with E-state index in [-0.39, 0.29) is 17.4 Å². The van der Waals surface area contributed by atoms with Gasteiger partial charge in [-0.3, -0.25) is 9.59 Å². The number of hydrogen-bond acceptors (Lipinski definition) is 3. The van der Waals surface area contributed by atoms with Gasteiger partial charge in [0.1, 0.15) is 5.69 Å². The summed E-state index contributed by atoms with van der Waals surface area (Å²) < 4.78 is 0. The fourth-order valence-corrected chi connectivity index (χ4v) is 2.74. The van der Waals surface area contributed by atoms with E-state index in [1.165, 1.54) is 6.07 Å². The standard InChI is InChI=1S/C15H17N3O2/c1-9-3-2-4-11-14(9)13(19)7-12(17-11)15(20)18-6-5-10(16)8-18/h2-4,7,10H,5-6,8,16H2,1H3,(H,17,19)/t10-/m1/s1. The molecular weight excluding hydrogens is 254 g/mol. The number of amides is 1. The molecule has 0 aliphatic carbocycles. The van der Waals surface area contributed by atoms with E-state index in [1.807, 2.05) is 25.1 Å². The molecule has 3 rings (SSSR count). The number of nitrogens with one attached hydrogen (secondary N) is 1. The van der Waals surface area contributed by atoms with Gasteiger partial charge < -0.3 is 15.6 Å². The lowest BCUT2D eigenvalue weighted by Crippen LogP contribution is -2.33. The van der Waals surface area contributed by atoms with Crippen LogP contribution in [0.15, 0.2) is 29.1 Å². The molecule has 1 saturated heterocycles. The summed E-state index contributed by atoms with van der Waals surface area (Å²) in [7, 11) is 0. The van der Waals surface area contributed by atoms with Crippen LogP contribution < -0.4 is 11.2 Å². The Morgan fingerprint density at radius 2 is 2.25 bits per heavy atom. The normalized spacial score (nSPS) is 18.7. The maximum Gasteiger partial charge on any atom is 0.270 e. The van der Waals surface area contributed by atoms with Crippen molar-refractivity contribution in [2.75, 3.05) is 13.1 Å². The van der Waals surface area contributed by atoms with Gasteiger partial charge in [0.05, 0.1) is 5.52 Å². The topological polar surface area (TPSA) is 79.2 Å². The number of rotatable bonds is 1. The third-order valence-corrected chi connectivity index (χ3v) is 3.81. The summed E-state index contributed by atoms with van der Waals surface area (Å²) >= 11 is 0. The number of fused-ring (bicyclic) bond motifs is 1. The molecule has 104 valence electrons. The van der Waals surface area contributed by atoms with E-state index in [9.17, 15) is 9.59 Å². The molecule has 2 aromatic rings. The number of likely N-dealkylation sites (tertiary alicyclic amines) is 1. The molecule has 0 unspecified atom stereocenters. The van der Waals surface area contributed by atoms with Crippen LogP contribution in [0.4, 0.5) is 0 Å². The highest BCUT2D eigenvalue weighted by atomic mass is 16.2. The molecule has 3 N–H and O–H groups in total. The lowest BCUT2D eigenvalue weighted by atomic mass is 10.1. The molecule has 1 aromatic carbocycles. The van der Waals surface area contributed by atoms with Gasteiger partial charge >= 0.3 is 0 Å². The minimum Gasteiger partial charge on any atom is -0.350 e. The monoisotopic (exact) mass is 271 g/mol. The number of benzene rings is 1. The largest absolute Gasteiger partial charge is 0.350 e. The van der Waals surface area contributed by atoms with Gasteiger partial charge in [0, 0.05) is 30.6 Å². The molecule has 1 fully saturated rings. The van der Waals surface area contributed by atoms with Gasteiger partial charge in [-0.2, -0.15) is 0 Å². The second-order valence-corrected chi connectivity index (χ2v) is 5.34. The fourth-order valence-electron chi connectivity index (χ4n) is 2.74. The fraction of sp³-hybridized carbons (Fsp3) is 0.333. The Labute approximate surface area is 116 Å². The number of aromatic nitrogens is 1. The first kappa shape index (κ1) is 12.9. The summed E-state index contributed by atoms with van der Waals surface area (Å²) in [6, 6.07) is 7.00. The van der Waals surface area contributed by atoms with E-state index in [0.717, 1.165) is 12.0 Å². The summed E-state index contributed by atoms with van der Waals surface area (Å²) in [6.45, 7) is 3.08. The molecule has 0 bridgehead atoms. The van der Waals surface area contributed by atoms with Gasteiger partial charge in [-0.25, -0.2) is 0 Å². The Hall–Kier alpha value is -2.14. The lowest BCUT2D eigenvalue weighted by Gasteiger charge is -2.16. The summed E-state index contributed by atoms with van der Waals surface area (Å²) in [4.78, 5) is 29.3. The van der Waals surface area contributed by atoms with Crippen molar-refractivity contribution in [1.29, 1.82) is 0 Å².